The zero-order valence-electron chi connectivity index (χ0n) is 15.8. The van der Waals surface area contributed by atoms with Crippen LogP contribution in [0.5, 0.6) is 0 Å². The van der Waals surface area contributed by atoms with Gasteiger partial charge in [0.1, 0.15) is 0 Å². The fraction of sp³-hybridized carbons (Fsp3) is 0.389. The van der Waals surface area contributed by atoms with Crippen molar-refractivity contribution < 1.29 is 4.79 Å². The van der Waals surface area contributed by atoms with E-state index in [1.165, 1.54) is 4.88 Å². The first-order valence-corrected chi connectivity index (χ1v) is 9.20. The van der Waals surface area contributed by atoms with Gasteiger partial charge in [-0.1, -0.05) is 0 Å². The van der Waals surface area contributed by atoms with Gasteiger partial charge >= 0.3 is 0 Å². The average molecular weight is 430 g/mol. The molecule has 0 aliphatic rings. The van der Waals surface area contributed by atoms with E-state index in [1.54, 1.807) is 17.5 Å². The smallest absolute Gasteiger partial charge is 0.252 e. The highest BCUT2D eigenvalue weighted by molar-refractivity contribution is 7.15. The molecule has 9 heteroatoms. The van der Waals surface area contributed by atoms with Crippen LogP contribution in [0.4, 0.5) is 0 Å². The molecule has 3 aromatic rings. The van der Waals surface area contributed by atoms with Gasteiger partial charge in [-0.05, 0) is 46.0 Å². The van der Waals surface area contributed by atoms with Gasteiger partial charge in [0.05, 0.1) is 27.7 Å². The predicted molar refractivity (Wildman–Crippen MR) is 117 cm³/mol. The Balaban J connectivity index is 0.00000182. The van der Waals surface area contributed by atoms with Crippen LogP contribution < -0.4 is 10.6 Å². The van der Waals surface area contributed by atoms with E-state index in [-0.39, 0.29) is 36.8 Å². The van der Waals surface area contributed by atoms with Crippen LogP contribution in [-0.4, -0.2) is 40.8 Å². The maximum absolute atomic E-state index is 12.7. The third-order valence-electron chi connectivity index (χ3n) is 3.95. The Morgan fingerprint density at radius 2 is 2.00 bits per heavy atom. The summed E-state index contributed by atoms with van der Waals surface area (Å²) in [6.07, 6.45) is 1.73. The molecule has 0 saturated heterocycles. The maximum Gasteiger partial charge on any atom is 0.252 e. The van der Waals surface area contributed by atoms with E-state index < -0.39 is 0 Å². The van der Waals surface area contributed by atoms with Gasteiger partial charge in [-0.25, -0.2) is 9.67 Å². The van der Waals surface area contributed by atoms with Crippen molar-refractivity contribution in [1.29, 1.82) is 0 Å². The molecule has 0 aliphatic heterocycles. The van der Waals surface area contributed by atoms with Crippen LogP contribution >= 0.6 is 36.2 Å². The van der Waals surface area contributed by atoms with Gasteiger partial charge in [-0.15, -0.1) is 36.2 Å². The molecule has 1 amide bonds. The lowest BCUT2D eigenvalue weighted by atomic mass is 10.1. The molecule has 0 fully saturated rings. The highest BCUT2D eigenvalue weighted by Gasteiger charge is 2.18. The molecule has 0 aliphatic carbocycles. The van der Waals surface area contributed by atoms with E-state index in [0.29, 0.717) is 12.1 Å². The number of rotatable bonds is 6. The van der Waals surface area contributed by atoms with E-state index in [4.69, 9.17) is 4.98 Å². The second-order valence-electron chi connectivity index (χ2n) is 6.24. The zero-order valence-corrected chi connectivity index (χ0v) is 18.2. The molecular formula is C18H25Cl2N5OS. The third-order valence-corrected chi connectivity index (χ3v) is 4.98. The number of aryl methyl sites for hydroxylation is 1. The first-order valence-electron chi connectivity index (χ1n) is 8.39. The molecule has 0 unspecified atom stereocenters. The molecule has 6 nitrogen and oxygen atoms in total. The van der Waals surface area contributed by atoms with Crippen molar-refractivity contribution in [2.24, 2.45) is 0 Å². The molecule has 0 spiro atoms. The number of hydrogen-bond donors (Lipinski definition) is 2. The number of halogens is 2. The van der Waals surface area contributed by atoms with Gasteiger partial charge < -0.3 is 10.6 Å². The topological polar surface area (TPSA) is 71.8 Å². The summed E-state index contributed by atoms with van der Waals surface area (Å²) in [5.74, 6) is -0.0968. The number of thiophene rings is 1. The standard InChI is InChI=1S/C18H23N5OS.2ClH/c1-11(2)23-17-14(10-21-23)13(18(24)20-8-7-19-4)9-15(22-17)16-6-5-12(3)25-16;;/h5-6,9-11,19H,7-8H2,1-4H3,(H,20,24);2*1H. The lowest BCUT2D eigenvalue weighted by Crippen LogP contribution is -2.30. The van der Waals surface area contributed by atoms with Crippen LogP contribution in [-0.2, 0) is 0 Å². The zero-order chi connectivity index (χ0) is 18.0. The number of amides is 1. The minimum absolute atomic E-state index is 0. The second kappa shape index (κ2) is 10.0. The number of pyridine rings is 1. The maximum atomic E-state index is 12.7. The molecule has 2 N–H and O–H groups in total. The summed E-state index contributed by atoms with van der Waals surface area (Å²) >= 11 is 1.67. The van der Waals surface area contributed by atoms with Crippen LogP contribution in [0.25, 0.3) is 21.6 Å². The summed E-state index contributed by atoms with van der Waals surface area (Å²) in [4.78, 5) is 19.8. The minimum Gasteiger partial charge on any atom is -0.351 e. The molecule has 3 rings (SSSR count). The van der Waals surface area contributed by atoms with Crippen molar-refractivity contribution in [3.8, 4) is 10.6 Å². The molecule has 0 saturated carbocycles. The molecule has 0 bridgehead atoms. The van der Waals surface area contributed by atoms with Crippen LogP contribution in [0.3, 0.4) is 0 Å². The number of aromatic nitrogens is 3. The number of likely N-dealkylation sites (N-methyl/N-ethyl adjacent to an activating group) is 1. The van der Waals surface area contributed by atoms with E-state index in [2.05, 4.69) is 42.6 Å². The highest BCUT2D eigenvalue weighted by atomic mass is 35.5. The molecule has 148 valence electrons. The van der Waals surface area contributed by atoms with Gasteiger partial charge in [0.25, 0.3) is 5.91 Å². The summed E-state index contributed by atoms with van der Waals surface area (Å²) < 4.78 is 1.86. The molecule has 0 atom stereocenters. The molecule has 0 aromatic carbocycles. The second-order valence-corrected chi connectivity index (χ2v) is 7.53. The van der Waals surface area contributed by atoms with E-state index in [9.17, 15) is 4.79 Å². The van der Waals surface area contributed by atoms with E-state index >= 15 is 0 Å². The summed E-state index contributed by atoms with van der Waals surface area (Å²) in [7, 11) is 1.86. The molecular weight excluding hydrogens is 405 g/mol. The van der Waals surface area contributed by atoms with Gasteiger partial charge in [-0.3, -0.25) is 4.79 Å². The molecule has 3 aromatic heterocycles. The van der Waals surface area contributed by atoms with Crippen molar-refractivity contribution >= 4 is 53.1 Å². The van der Waals surface area contributed by atoms with Gasteiger partial charge in [-0.2, -0.15) is 5.10 Å². The average Bonchev–Trinajstić information content (AvgIpc) is 3.20. The number of carbonyl (C=O) groups is 1. The monoisotopic (exact) mass is 429 g/mol. The Bertz CT molecular complexity index is 906. The Morgan fingerprint density at radius 3 is 2.59 bits per heavy atom. The molecule has 3 heterocycles. The fourth-order valence-corrected chi connectivity index (χ4v) is 3.51. The summed E-state index contributed by atoms with van der Waals surface area (Å²) in [6, 6.07) is 6.16. The summed E-state index contributed by atoms with van der Waals surface area (Å²) in [6.45, 7) is 7.48. The van der Waals surface area contributed by atoms with E-state index in [0.717, 1.165) is 28.1 Å². The third kappa shape index (κ3) is 4.99. The Hall–Kier alpha value is -1.67. The molecule has 27 heavy (non-hydrogen) atoms. The Labute approximate surface area is 175 Å². The largest absolute Gasteiger partial charge is 0.351 e. The van der Waals surface area contributed by atoms with Crippen molar-refractivity contribution in [3.05, 3.63) is 34.8 Å². The number of nitrogens with one attached hydrogen (secondary N) is 2. The first kappa shape index (κ1) is 23.4. The lowest BCUT2D eigenvalue weighted by molar-refractivity contribution is 0.0955. The van der Waals surface area contributed by atoms with Crippen molar-refractivity contribution in [3.63, 3.8) is 0 Å². The highest BCUT2D eigenvalue weighted by Crippen LogP contribution is 2.30. The summed E-state index contributed by atoms with van der Waals surface area (Å²) in [5.41, 5.74) is 2.18. The SMILES string of the molecule is CNCCNC(=O)c1cc(-c2ccc(C)s2)nc2c1cnn2C(C)C.Cl.Cl. The van der Waals surface area contributed by atoms with Crippen molar-refractivity contribution in [1.82, 2.24) is 25.4 Å². The number of fused-ring (bicyclic) bond motifs is 1. The molecule has 0 radical (unpaired) electrons. The van der Waals surface area contributed by atoms with Crippen LogP contribution in [0.1, 0.15) is 35.1 Å². The Kier molecular flexibility index (Phi) is 8.68. The van der Waals surface area contributed by atoms with Gasteiger partial charge in [0.15, 0.2) is 5.65 Å². The lowest BCUT2D eigenvalue weighted by Gasteiger charge is -2.10. The summed E-state index contributed by atoms with van der Waals surface area (Å²) in [5, 5.41) is 11.2. The van der Waals surface area contributed by atoms with Gasteiger partial charge in [0.2, 0.25) is 0 Å². The number of nitrogens with zero attached hydrogens (tertiary/aromatic N) is 3. The van der Waals surface area contributed by atoms with Gasteiger partial charge in [0, 0.05) is 24.0 Å². The van der Waals surface area contributed by atoms with Crippen LogP contribution in [0.2, 0.25) is 0 Å². The Morgan fingerprint density at radius 1 is 1.26 bits per heavy atom. The minimum atomic E-state index is -0.0968. The normalized spacial score (nSPS) is 10.6. The predicted octanol–water partition coefficient (Wildman–Crippen LogP) is 3.84. The van der Waals surface area contributed by atoms with E-state index in [1.807, 2.05) is 23.9 Å². The van der Waals surface area contributed by atoms with Crippen LogP contribution in [0.15, 0.2) is 24.4 Å². The van der Waals surface area contributed by atoms with Crippen molar-refractivity contribution in [2.45, 2.75) is 26.8 Å². The number of carbonyl (C=O) groups excluding carboxylic acids is 1. The number of hydrogen-bond acceptors (Lipinski definition) is 5. The quantitative estimate of drug-likeness (QED) is 0.583. The fourth-order valence-electron chi connectivity index (χ4n) is 2.68. The first-order chi connectivity index (χ1) is 12.0. The van der Waals surface area contributed by atoms with Crippen molar-refractivity contribution in [2.75, 3.05) is 20.1 Å². The van der Waals surface area contributed by atoms with Crippen LogP contribution in [0, 0.1) is 6.92 Å².